The fourth-order valence-electron chi connectivity index (χ4n) is 1.78. The van der Waals surface area contributed by atoms with Crippen LogP contribution < -0.4 is 5.73 Å². The molecule has 0 aliphatic carbocycles. The fourth-order valence-corrected chi connectivity index (χ4v) is 3.28. The highest BCUT2D eigenvalue weighted by atomic mass is 32.2. The third-order valence-electron chi connectivity index (χ3n) is 2.59. The average Bonchev–Trinajstić information content (AvgIpc) is 2.51. The molecule has 1 heterocycles. The molecule has 1 aromatic rings. The molecular formula is C11H11NO4S. The van der Waals surface area contributed by atoms with E-state index < -0.39 is 21.8 Å². The SMILES string of the molecule is N[C@H](CC1=CS(=O)(=O)c2ccccc21)C(=O)O. The van der Waals surface area contributed by atoms with Crippen molar-refractivity contribution in [1.29, 1.82) is 0 Å². The van der Waals surface area contributed by atoms with Crippen LogP contribution in [0.3, 0.4) is 0 Å². The van der Waals surface area contributed by atoms with Crippen LogP contribution in [0.1, 0.15) is 12.0 Å². The summed E-state index contributed by atoms with van der Waals surface area (Å²) in [6.45, 7) is 0. The van der Waals surface area contributed by atoms with Crippen LogP contribution in [0.2, 0.25) is 0 Å². The van der Waals surface area contributed by atoms with Gasteiger partial charge in [-0.2, -0.15) is 0 Å². The van der Waals surface area contributed by atoms with Crippen LogP contribution in [0.15, 0.2) is 34.6 Å². The van der Waals surface area contributed by atoms with Gasteiger partial charge in [0.15, 0.2) is 0 Å². The van der Waals surface area contributed by atoms with E-state index in [1.807, 2.05) is 0 Å². The zero-order chi connectivity index (χ0) is 12.6. The van der Waals surface area contributed by atoms with Gasteiger partial charge in [-0.3, -0.25) is 4.79 Å². The minimum atomic E-state index is -3.44. The van der Waals surface area contributed by atoms with Crippen molar-refractivity contribution in [2.45, 2.75) is 17.4 Å². The number of rotatable bonds is 3. The zero-order valence-corrected chi connectivity index (χ0v) is 9.65. The molecule has 0 saturated carbocycles. The lowest BCUT2D eigenvalue weighted by molar-refractivity contribution is -0.138. The summed E-state index contributed by atoms with van der Waals surface area (Å²) in [5.74, 6) is -1.15. The minimum Gasteiger partial charge on any atom is -0.480 e. The highest BCUT2D eigenvalue weighted by Crippen LogP contribution is 2.35. The lowest BCUT2D eigenvalue weighted by Gasteiger charge is -2.07. The van der Waals surface area contributed by atoms with Gasteiger partial charge in [-0.05, 0) is 23.6 Å². The Kier molecular flexibility index (Phi) is 2.76. The summed E-state index contributed by atoms with van der Waals surface area (Å²) >= 11 is 0. The van der Waals surface area contributed by atoms with Crippen molar-refractivity contribution in [2.75, 3.05) is 0 Å². The Hall–Kier alpha value is -1.66. The molecule has 2 rings (SSSR count). The number of benzene rings is 1. The Morgan fingerprint density at radius 1 is 1.35 bits per heavy atom. The molecule has 1 aromatic carbocycles. The normalized spacial score (nSPS) is 18.3. The number of hydrogen-bond acceptors (Lipinski definition) is 4. The first kappa shape index (κ1) is 11.8. The summed E-state index contributed by atoms with van der Waals surface area (Å²) in [4.78, 5) is 10.9. The molecule has 0 bridgehead atoms. The van der Waals surface area contributed by atoms with Gasteiger partial charge in [-0.25, -0.2) is 8.42 Å². The van der Waals surface area contributed by atoms with Crippen LogP contribution in [-0.4, -0.2) is 25.5 Å². The van der Waals surface area contributed by atoms with Gasteiger partial charge in [0.1, 0.15) is 6.04 Å². The maximum Gasteiger partial charge on any atom is 0.320 e. The number of aliphatic carboxylic acids is 1. The van der Waals surface area contributed by atoms with Crippen molar-refractivity contribution < 1.29 is 18.3 Å². The van der Waals surface area contributed by atoms with Crippen LogP contribution in [0.4, 0.5) is 0 Å². The fraction of sp³-hybridized carbons (Fsp3) is 0.182. The molecule has 0 aromatic heterocycles. The predicted molar refractivity (Wildman–Crippen MR) is 61.8 cm³/mol. The average molecular weight is 253 g/mol. The summed E-state index contributed by atoms with van der Waals surface area (Å²) < 4.78 is 23.5. The van der Waals surface area contributed by atoms with E-state index >= 15 is 0 Å². The van der Waals surface area contributed by atoms with Crippen molar-refractivity contribution in [2.24, 2.45) is 5.73 Å². The molecule has 90 valence electrons. The number of carboxylic acids is 1. The van der Waals surface area contributed by atoms with Gasteiger partial charge in [0.05, 0.1) is 4.90 Å². The first-order valence-electron chi connectivity index (χ1n) is 4.95. The second-order valence-electron chi connectivity index (χ2n) is 3.83. The van der Waals surface area contributed by atoms with E-state index in [2.05, 4.69) is 0 Å². The third kappa shape index (κ3) is 2.09. The van der Waals surface area contributed by atoms with E-state index in [9.17, 15) is 13.2 Å². The van der Waals surface area contributed by atoms with Crippen molar-refractivity contribution in [3.05, 3.63) is 35.2 Å². The number of nitrogens with two attached hydrogens (primary N) is 1. The molecule has 0 unspecified atom stereocenters. The molecule has 6 heteroatoms. The van der Waals surface area contributed by atoms with Crippen molar-refractivity contribution in [1.82, 2.24) is 0 Å². The third-order valence-corrected chi connectivity index (χ3v) is 4.16. The monoisotopic (exact) mass is 253 g/mol. The molecular weight excluding hydrogens is 242 g/mol. The number of hydrogen-bond donors (Lipinski definition) is 2. The molecule has 17 heavy (non-hydrogen) atoms. The molecule has 0 amide bonds. The Bertz CT molecular complexity index is 604. The molecule has 0 spiro atoms. The Labute approximate surface area is 98.5 Å². The second-order valence-corrected chi connectivity index (χ2v) is 5.60. The van der Waals surface area contributed by atoms with E-state index in [1.54, 1.807) is 18.2 Å². The number of carbonyl (C=O) groups is 1. The predicted octanol–water partition coefficient (Wildman–Crippen LogP) is 0.617. The first-order valence-corrected chi connectivity index (χ1v) is 6.50. The van der Waals surface area contributed by atoms with Gasteiger partial charge in [-0.1, -0.05) is 18.2 Å². The Morgan fingerprint density at radius 3 is 2.65 bits per heavy atom. The summed E-state index contributed by atoms with van der Waals surface area (Å²) in [6, 6.07) is 5.40. The first-order chi connectivity index (χ1) is 7.92. The largest absolute Gasteiger partial charge is 0.480 e. The zero-order valence-electron chi connectivity index (χ0n) is 8.83. The molecule has 5 nitrogen and oxygen atoms in total. The van der Waals surface area contributed by atoms with Crippen molar-refractivity contribution in [3.8, 4) is 0 Å². The minimum absolute atomic E-state index is 0.00553. The van der Waals surface area contributed by atoms with E-state index in [1.165, 1.54) is 6.07 Å². The van der Waals surface area contributed by atoms with E-state index in [4.69, 9.17) is 10.8 Å². The summed E-state index contributed by atoms with van der Waals surface area (Å²) in [5.41, 5.74) is 6.41. The number of fused-ring (bicyclic) bond motifs is 1. The van der Waals surface area contributed by atoms with Gasteiger partial charge in [-0.15, -0.1) is 0 Å². The van der Waals surface area contributed by atoms with Gasteiger partial charge in [0.2, 0.25) is 9.84 Å². The topological polar surface area (TPSA) is 97.5 Å². The maximum absolute atomic E-state index is 11.8. The van der Waals surface area contributed by atoms with E-state index in [0.29, 0.717) is 11.1 Å². The van der Waals surface area contributed by atoms with Crippen LogP contribution in [0.5, 0.6) is 0 Å². The molecule has 0 fully saturated rings. The van der Waals surface area contributed by atoms with E-state index in [0.717, 1.165) is 5.41 Å². The van der Waals surface area contributed by atoms with Crippen LogP contribution >= 0.6 is 0 Å². The maximum atomic E-state index is 11.8. The van der Waals surface area contributed by atoms with Gasteiger partial charge < -0.3 is 10.8 Å². The Balaban J connectivity index is 2.42. The summed E-state index contributed by atoms with van der Waals surface area (Å²) in [5, 5.41) is 9.82. The highest BCUT2D eigenvalue weighted by Gasteiger charge is 2.28. The molecule has 1 atom stereocenters. The Morgan fingerprint density at radius 2 is 2.00 bits per heavy atom. The summed E-state index contributed by atoms with van der Waals surface area (Å²) in [6.07, 6.45) is 0.00553. The second kappa shape index (κ2) is 3.97. The quantitative estimate of drug-likeness (QED) is 0.822. The molecule has 3 N–H and O–H groups in total. The number of sulfone groups is 1. The lowest BCUT2D eigenvalue weighted by atomic mass is 10.0. The van der Waals surface area contributed by atoms with Crippen LogP contribution in [-0.2, 0) is 14.6 Å². The molecule has 1 aliphatic rings. The van der Waals surface area contributed by atoms with Gasteiger partial charge in [0, 0.05) is 5.41 Å². The van der Waals surface area contributed by atoms with Gasteiger partial charge >= 0.3 is 5.97 Å². The smallest absolute Gasteiger partial charge is 0.320 e. The van der Waals surface area contributed by atoms with Crippen molar-refractivity contribution in [3.63, 3.8) is 0 Å². The molecule has 1 aliphatic heterocycles. The standard InChI is InChI=1S/C11H11NO4S/c12-9(11(13)14)5-7-6-17(15,16)10-4-2-1-3-8(7)10/h1-4,6,9H,5,12H2,(H,13,14)/t9-/m1/s1. The van der Waals surface area contributed by atoms with Crippen LogP contribution in [0.25, 0.3) is 5.57 Å². The van der Waals surface area contributed by atoms with E-state index in [-0.39, 0.29) is 11.3 Å². The molecule has 0 saturated heterocycles. The van der Waals surface area contributed by atoms with Gasteiger partial charge in [0.25, 0.3) is 0 Å². The van der Waals surface area contributed by atoms with Crippen molar-refractivity contribution >= 4 is 21.4 Å². The number of carboxylic acid groups (broad SMARTS) is 1. The highest BCUT2D eigenvalue weighted by molar-refractivity contribution is 7.95. The lowest BCUT2D eigenvalue weighted by Crippen LogP contribution is -2.30. The molecule has 0 radical (unpaired) electrons. The van der Waals surface area contributed by atoms with Crippen LogP contribution in [0, 0.1) is 0 Å². The summed E-state index contributed by atoms with van der Waals surface area (Å²) in [7, 11) is -3.44.